The van der Waals surface area contributed by atoms with Gasteiger partial charge in [-0.3, -0.25) is 4.79 Å². The van der Waals surface area contributed by atoms with Crippen LogP contribution in [-0.2, 0) is 4.79 Å². The van der Waals surface area contributed by atoms with Crippen LogP contribution in [0.5, 0.6) is 0 Å². The molecule has 0 saturated carbocycles. The summed E-state index contributed by atoms with van der Waals surface area (Å²) in [6, 6.07) is 0. The molecule has 0 aliphatic carbocycles. The molecule has 0 aromatic carbocycles. The van der Waals surface area contributed by atoms with Gasteiger partial charge in [0.1, 0.15) is 0 Å². The number of hydrazine groups is 1. The van der Waals surface area contributed by atoms with Crippen molar-refractivity contribution in [2.75, 3.05) is 0 Å². The second-order valence-corrected chi connectivity index (χ2v) is 2.07. The Morgan fingerprint density at radius 2 is 2.33 bits per heavy atom. The Morgan fingerprint density at radius 3 is 2.78 bits per heavy atom. The maximum absolute atomic E-state index is 10.6. The predicted octanol–water partition coefficient (Wildman–Crippen LogP) is -0.142. The van der Waals surface area contributed by atoms with Gasteiger partial charge in [0.2, 0.25) is 0 Å². The van der Waals surface area contributed by atoms with Crippen LogP contribution in [0.4, 0.5) is 0 Å². The Morgan fingerprint density at radius 1 is 1.67 bits per heavy atom. The number of carbonyl (C=O) groups excluding carboxylic acids is 1. The van der Waals surface area contributed by atoms with Gasteiger partial charge in [-0.25, -0.2) is 5.84 Å². The molecule has 0 saturated heterocycles. The van der Waals surface area contributed by atoms with Crippen LogP contribution in [0.15, 0.2) is 5.10 Å². The van der Waals surface area contributed by atoms with Crippen molar-refractivity contribution in [1.82, 2.24) is 5.12 Å². The van der Waals surface area contributed by atoms with Gasteiger partial charge in [0.05, 0.1) is 0 Å². The van der Waals surface area contributed by atoms with Crippen LogP contribution in [-0.4, -0.2) is 16.7 Å². The minimum absolute atomic E-state index is 0.111. The highest BCUT2D eigenvalue weighted by molar-refractivity contribution is 5.90. The first-order valence-electron chi connectivity index (χ1n) is 2.82. The minimum atomic E-state index is -0.111. The summed E-state index contributed by atoms with van der Waals surface area (Å²) in [6.45, 7) is 1.85. The average Bonchev–Trinajstić information content (AvgIpc) is 1.80. The molecule has 1 rings (SSSR count). The second-order valence-electron chi connectivity index (χ2n) is 2.07. The summed E-state index contributed by atoms with van der Waals surface area (Å²) < 4.78 is 0. The quantitative estimate of drug-likeness (QED) is 0.363. The molecular weight excluding hydrogens is 118 g/mol. The largest absolute Gasteiger partial charge is 0.271 e. The van der Waals surface area contributed by atoms with Crippen LogP contribution in [0.3, 0.4) is 0 Å². The van der Waals surface area contributed by atoms with E-state index in [1.807, 2.05) is 6.92 Å². The molecule has 0 aromatic rings. The van der Waals surface area contributed by atoms with E-state index >= 15 is 0 Å². The topological polar surface area (TPSA) is 58.7 Å². The molecule has 0 atom stereocenters. The second kappa shape index (κ2) is 2.14. The lowest BCUT2D eigenvalue weighted by Crippen LogP contribution is -2.36. The molecule has 0 spiro atoms. The molecule has 1 aliphatic rings. The molecule has 9 heavy (non-hydrogen) atoms. The fraction of sp³-hybridized carbons (Fsp3) is 0.600. The number of carbonyl (C=O) groups is 1. The lowest BCUT2D eigenvalue weighted by molar-refractivity contribution is -0.132. The van der Waals surface area contributed by atoms with Gasteiger partial charge in [0.15, 0.2) is 0 Å². The first-order valence-corrected chi connectivity index (χ1v) is 2.82. The molecule has 50 valence electrons. The van der Waals surface area contributed by atoms with E-state index < -0.39 is 0 Å². The highest BCUT2D eigenvalue weighted by atomic mass is 16.2. The average molecular weight is 127 g/mol. The van der Waals surface area contributed by atoms with Gasteiger partial charge in [0, 0.05) is 12.1 Å². The number of hydrazone groups is 1. The highest BCUT2D eigenvalue weighted by Gasteiger charge is 2.13. The van der Waals surface area contributed by atoms with Crippen molar-refractivity contribution in [3.05, 3.63) is 0 Å². The van der Waals surface area contributed by atoms with Crippen LogP contribution in [0.1, 0.15) is 19.8 Å². The predicted molar refractivity (Wildman–Crippen MR) is 33.4 cm³/mol. The van der Waals surface area contributed by atoms with Gasteiger partial charge in [-0.2, -0.15) is 10.2 Å². The van der Waals surface area contributed by atoms with Crippen molar-refractivity contribution >= 4 is 11.6 Å². The molecule has 2 N–H and O–H groups in total. The van der Waals surface area contributed by atoms with E-state index in [0.29, 0.717) is 6.42 Å². The first kappa shape index (κ1) is 6.22. The smallest absolute Gasteiger partial charge is 0.257 e. The molecule has 4 heteroatoms. The summed E-state index contributed by atoms with van der Waals surface area (Å²) in [5.41, 5.74) is 0.914. The minimum Gasteiger partial charge on any atom is -0.271 e. The Hall–Kier alpha value is -0.900. The standard InChI is InChI=1S/C5H9N3O/c1-4-2-3-5(9)8(6)7-4/h2-3,6H2,1H3. The molecule has 0 unspecified atom stereocenters. The van der Waals surface area contributed by atoms with Crippen molar-refractivity contribution in [3.63, 3.8) is 0 Å². The van der Waals surface area contributed by atoms with Crippen molar-refractivity contribution in [1.29, 1.82) is 0 Å². The first-order chi connectivity index (χ1) is 4.20. The van der Waals surface area contributed by atoms with E-state index in [2.05, 4.69) is 5.10 Å². The van der Waals surface area contributed by atoms with E-state index in [9.17, 15) is 4.79 Å². The summed E-state index contributed by atoms with van der Waals surface area (Å²) in [6.07, 6.45) is 1.23. The van der Waals surface area contributed by atoms with Gasteiger partial charge in [-0.15, -0.1) is 0 Å². The zero-order valence-corrected chi connectivity index (χ0v) is 5.29. The molecule has 1 heterocycles. The van der Waals surface area contributed by atoms with Crippen LogP contribution < -0.4 is 5.84 Å². The van der Waals surface area contributed by atoms with Gasteiger partial charge in [-0.05, 0) is 13.3 Å². The Labute approximate surface area is 53.3 Å². The Bertz CT molecular complexity index is 164. The third kappa shape index (κ3) is 1.26. The number of amides is 1. The molecule has 0 radical (unpaired) electrons. The number of nitrogens with two attached hydrogens (primary N) is 1. The molecular formula is C5H9N3O. The normalized spacial score (nSPS) is 20.0. The molecule has 4 nitrogen and oxygen atoms in total. The summed E-state index contributed by atoms with van der Waals surface area (Å²) in [7, 11) is 0. The number of hydrogen-bond acceptors (Lipinski definition) is 3. The van der Waals surface area contributed by atoms with Gasteiger partial charge in [0.25, 0.3) is 5.91 Å². The molecule has 1 amide bonds. The number of nitrogens with zero attached hydrogens (tertiary/aromatic N) is 2. The maximum atomic E-state index is 10.6. The lowest BCUT2D eigenvalue weighted by Gasteiger charge is -2.15. The molecule has 0 fully saturated rings. The van der Waals surface area contributed by atoms with Crippen LogP contribution in [0.25, 0.3) is 0 Å². The van der Waals surface area contributed by atoms with E-state index in [1.165, 1.54) is 0 Å². The van der Waals surface area contributed by atoms with Gasteiger partial charge in [-0.1, -0.05) is 0 Å². The summed E-state index contributed by atoms with van der Waals surface area (Å²) >= 11 is 0. The van der Waals surface area contributed by atoms with Crippen LogP contribution >= 0.6 is 0 Å². The third-order valence-electron chi connectivity index (χ3n) is 1.23. The van der Waals surface area contributed by atoms with Crippen molar-refractivity contribution in [3.8, 4) is 0 Å². The Kier molecular flexibility index (Phi) is 1.48. The van der Waals surface area contributed by atoms with E-state index in [-0.39, 0.29) is 5.91 Å². The number of hydrogen-bond donors (Lipinski definition) is 1. The number of rotatable bonds is 0. The molecule has 1 aliphatic heterocycles. The highest BCUT2D eigenvalue weighted by Crippen LogP contribution is 2.03. The molecule has 0 bridgehead atoms. The SMILES string of the molecule is CC1=NN(N)C(=O)CC1. The van der Waals surface area contributed by atoms with Crippen molar-refractivity contribution < 1.29 is 4.79 Å². The van der Waals surface area contributed by atoms with E-state index in [1.54, 1.807) is 0 Å². The maximum Gasteiger partial charge on any atom is 0.257 e. The summed E-state index contributed by atoms with van der Waals surface area (Å²) in [5, 5.41) is 4.64. The Balaban J connectivity index is 2.69. The van der Waals surface area contributed by atoms with Crippen molar-refractivity contribution in [2.24, 2.45) is 10.9 Å². The van der Waals surface area contributed by atoms with Gasteiger partial charge >= 0.3 is 0 Å². The fourth-order valence-corrected chi connectivity index (χ4v) is 0.692. The van der Waals surface area contributed by atoms with Crippen LogP contribution in [0.2, 0.25) is 0 Å². The van der Waals surface area contributed by atoms with Crippen molar-refractivity contribution in [2.45, 2.75) is 19.8 Å². The van der Waals surface area contributed by atoms with E-state index in [0.717, 1.165) is 17.3 Å². The monoisotopic (exact) mass is 127 g/mol. The lowest BCUT2D eigenvalue weighted by atomic mass is 10.2. The van der Waals surface area contributed by atoms with E-state index in [4.69, 9.17) is 5.84 Å². The van der Waals surface area contributed by atoms with Crippen LogP contribution in [0, 0.1) is 0 Å². The third-order valence-corrected chi connectivity index (χ3v) is 1.23. The zero-order chi connectivity index (χ0) is 6.85. The summed E-state index contributed by atoms with van der Waals surface area (Å²) in [5.74, 6) is 5.05. The van der Waals surface area contributed by atoms with Gasteiger partial charge < -0.3 is 0 Å². The zero-order valence-electron chi connectivity index (χ0n) is 5.29. The summed E-state index contributed by atoms with van der Waals surface area (Å²) in [4.78, 5) is 10.6. The molecule has 0 aromatic heterocycles. The fourth-order valence-electron chi connectivity index (χ4n) is 0.692.